The first-order valence-corrected chi connectivity index (χ1v) is 6.22. The monoisotopic (exact) mass is 251 g/mol. The van der Waals surface area contributed by atoms with Gasteiger partial charge in [0.05, 0.1) is 20.3 Å². The van der Waals surface area contributed by atoms with E-state index in [9.17, 15) is 0 Å². The van der Waals surface area contributed by atoms with Gasteiger partial charge in [0.25, 0.3) is 0 Å². The van der Waals surface area contributed by atoms with E-state index in [0.717, 1.165) is 11.1 Å². The molecule has 0 aliphatic carbocycles. The second-order valence-corrected chi connectivity index (χ2v) is 5.21. The third-order valence-corrected chi connectivity index (χ3v) is 3.39. The third kappa shape index (κ3) is 2.49. The molecule has 0 N–H and O–H groups in total. The Morgan fingerprint density at radius 1 is 1.28 bits per heavy atom. The molecule has 0 atom stereocenters. The van der Waals surface area contributed by atoms with Gasteiger partial charge < -0.3 is 14.2 Å². The molecule has 0 aromatic carbocycles. The minimum Gasteiger partial charge on any atom is -0.481 e. The number of hydrogen-bond acceptors (Lipinski definition) is 4. The molecular formula is C14H21NO3. The summed E-state index contributed by atoms with van der Waals surface area (Å²) in [4.78, 5) is 4.28. The zero-order chi connectivity index (χ0) is 13.3. The van der Waals surface area contributed by atoms with Gasteiger partial charge in [-0.2, -0.15) is 0 Å². The maximum Gasteiger partial charge on any atom is 0.216 e. The smallest absolute Gasteiger partial charge is 0.216 e. The lowest BCUT2D eigenvalue weighted by Crippen LogP contribution is -2.38. The quantitative estimate of drug-likeness (QED) is 0.810. The zero-order valence-electron chi connectivity index (χ0n) is 11.7. The number of nitrogens with zero attached hydrogens (tertiary/aromatic N) is 1. The normalized spacial score (nSPS) is 19.8. The van der Waals surface area contributed by atoms with Gasteiger partial charge in [-0.25, -0.2) is 4.98 Å². The molecule has 18 heavy (non-hydrogen) atoms. The number of pyridine rings is 1. The molecule has 0 saturated carbocycles. The molecule has 0 bridgehead atoms. The van der Waals surface area contributed by atoms with E-state index in [1.807, 2.05) is 27.0 Å². The molecule has 1 aromatic rings. The number of rotatable bonds is 2. The first-order valence-electron chi connectivity index (χ1n) is 6.22. The Hall–Kier alpha value is -1.13. The fraction of sp³-hybridized carbons (Fsp3) is 0.643. The molecule has 0 radical (unpaired) electrons. The van der Waals surface area contributed by atoms with Crippen molar-refractivity contribution in [2.45, 2.75) is 39.4 Å². The Balaban J connectivity index is 2.29. The molecule has 4 heteroatoms. The minimum atomic E-state index is -0.477. The SMILES string of the molecule is COc1ncc(C)c(C2COC(C)(C)OC2)c1C. The lowest BCUT2D eigenvalue weighted by Gasteiger charge is -2.36. The average molecular weight is 251 g/mol. The van der Waals surface area contributed by atoms with Crippen LogP contribution in [-0.2, 0) is 9.47 Å². The van der Waals surface area contributed by atoms with Crippen molar-refractivity contribution in [3.05, 3.63) is 22.9 Å². The Bertz CT molecular complexity index is 433. The van der Waals surface area contributed by atoms with Crippen LogP contribution in [0.1, 0.15) is 36.5 Å². The van der Waals surface area contributed by atoms with Gasteiger partial charge in [0, 0.05) is 17.7 Å². The average Bonchev–Trinajstić information content (AvgIpc) is 2.31. The zero-order valence-corrected chi connectivity index (χ0v) is 11.7. The topological polar surface area (TPSA) is 40.6 Å². The highest BCUT2D eigenvalue weighted by molar-refractivity contribution is 5.41. The van der Waals surface area contributed by atoms with Gasteiger partial charge in [0.15, 0.2) is 5.79 Å². The van der Waals surface area contributed by atoms with E-state index in [1.54, 1.807) is 7.11 Å². The molecule has 1 aromatic heterocycles. The van der Waals surface area contributed by atoms with Gasteiger partial charge >= 0.3 is 0 Å². The summed E-state index contributed by atoms with van der Waals surface area (Å²) in [5.74, 6) is 0.449. The van der Waals surface area contributed by atoms with Crippen molar-refractivity contribution in [1.29, 1.82) is 0 Å². The fourth-order valence-electron chi connectivity index (χ4n) is 2.43. The fourth-order valence-corrected chi connectivity index (χ4v) is 2.43. The van der Waals surface area contributed by atoms with Crippen LogP contribution in [-0.4, -0.2) is 31.1 Å². The van der Waals surface area contributed by atoms with E-state index >= 15 is 0 Å². The summed E-state index contributed by atoms with van der Waals surface area (Å²) in [6.45, 7) is 9.32. The molecule has 1 fully saturated rings. The third-order valence-electron chi connectivity index (χ3n) is 3.39. The minimum absolute atomic E-state index is 0.245. The summed E-state index contributed by atoms with van der Waals surface area (Å²) in [5.41, 5.74) is 3.47. The van der Waals surface area contributed by atoms with E-state index in [1.165, 1.54) is 5.56 Å². The lowest BCUT2D eigenvalue weighted by molar-refractivity contribution is -0.251. The highest BCUT2D eigenvalue weighted by Crippen LogP contribution is 2.33. The molecule has 1 aliphatic heterocycles. The van der Waals surface area contributed by atoms with E-state index in [0.29, 0.717) is 19.1 Å². The van der Waals surface area contributed by atoms with Crippen LogP contribution in [0.4, 0.5) is 0 Å². The summed E-state index contributed by atoms with van der Waals surface area (Å²) < 4.78 is 16.7. The molecular weight excluding hydrogens is 230 g/mol. The van der Waals surface area contributed by atoms with Gasteiger partial charge in [-0.1, -0.05) is 0 Å². The van der Waals surface area contributed by atoms with Crippen LogP contribution in [0.3, 0.4) is 0 Å². The van der Waals surface area contributed by atoms with Crippen LogP contribution in [0.5, 0.6) is 5.88 Å². The molecule has 0 amide bonds. The van der Waals surface area contributed by atoms with E-state index < -0.39 is 5.79 Å². The number of aryl methyl sites for hydroxylation is 1. The Morgan fingerprint density at radius 3 is 2.44 bits per heavy atom. The summed E-state index contributed by atoms with van der Waals surface area (Å²) >= 11 is 0. The second kappa shape index (κ2) is 4.86. The lowest BCUT2D eigenvalue weighted by atomic mass is 9.92. The highest BCUT2D eigenvalue weighted by Gasteiger charge is 2.31. The number of hydrogen-bond donors (Lipinski definition) is 0. The van der Waals surface area contributed by atoms with Crippen molar-refractivity contribution in [1.82, 2.24) is 4.98 Å². The summed E-state index contributed by atoms with van der Waals surface area (Å²) in [6.07, 6.45) is 1.85. The van der Waals surface area contributed by atoms with Gasteiger partial charge in [0.1, 0.15) is 0 Å². The number of ether oxygens (including phenoxy) is 3. The van der Waals surface area contributed by atoms with Crippen LogP contribution in [0.2, 0.25) is 0 Å². The van der Waals surface area contributed by atoms with Gasteiger partial charge in [0.2, 0.25) is 5.88 Å². The number of aromatic nitrogens is 1. The molecule has 0 unspecified atom stereocenters. The van der Waals surface area contributed by atoms with E-state index in [2.05, 4.69) is 11.9 Å². The molecule has 0 spiro atoms. The van der Waals surface area contributed by atoms with E-state index in [4.69, 9.17) is 14.2 Å². The van der Waals surface area contributed by atoms with E-state index in [-0.39, 0.29) is 5.92 Å². The summed E-state index contributed by atoms with van der Waals surface area (Å²) in [5, 5.41) is 0. The predicted octanol–water partition coefficient (Wildman–Crippen LogP) is 2.57. The van der Waals surface area contributed by atoms with Gasteiger partial charge in [-0.15, -0.1) is 0 Å². The van der Waals surface area contributed by atoms with Crippen LogP contribution in [0, 0.1) is 13.8 Å². The van der Waals surface area contributed by atoms with Crippen LogP contribution in [0.25, 0.3) is 0 Å². The largest absolute Gasteiger partial charge is 0.481 e. The molecule has 1 saturated heterocycles. The first-order chi connectivity index (χ1) is 8.44. The molecule has 4 nitrogen and oxygen atoms in total. The standard InChI is InChI=1S/C14H21NO3/c1-9-6-15-13(16-5)10(2)12(9)11-7-17-14(3,4)18-8-11/h6,11H,7-8H2,1-5H3. The molecule has 2 rings (SSSR count). The molecule has 1 aliphatic rings. The van der Waals surface area contributed by atoms with Crippen molar-refractivity contribution < 1.29 is 14.2 Å². The van der Waals surface area contributed by atoms with Crippen LogP contribution >= 0.6 is 0 Å². The van der Waals surface area contributed by atoms with Crippen molar-refractivity contribution in [3.63, 3.8) is 0 Å². The maximum absolute atomic E-state index is 5.73. The maximum atomic E-state index is 5.73. The van der Waals surface area contributed by atoms with Crippen molar-refractivity contribution >= 4 is 0 Å². The van der Waals surface area contributed by atoms with Crippen molar-refractivity contribution in [3.8, 4) is 5.88 Å². The molecule has 2 heterocycles. The summed E-state index contributed by atoms with van der Waals surface area (Å²) in [6, 6.07) is 0. The highest BCUT2D eigenvalue weighted by atomic mass is 16.7. The van der Waals surface area contributed by atoms with Gasteiger partial charge in [-0.05, 0) is 38.8 Å². The Labute approximate surface area is 108 Å². The Kier molecular flexibility index (Phi) is 3.59. The molecule has 100 valence electrons. The van der Waals surface area contributed by atoms with Crippen molar-refractivity contribution in [2.24, 2.45) is 0 Å². The Morgan fingerprint density at radius 2 is 1.89 bits per heavy atom. The van der Waals surface area contributed by atoms with Crippen molar-refractivity contribution in [2.75, 3.05) is 20.3 Å². The predicted molar refractivity (Wildman–Crippen MR) is 69.0 cm³/mol. The number of methoxy groups -OCH3 is 1. The second-order valence-electron chi connectivity index (χ2n) is 5.21. The summed E-state index contributed by atoms with van der Waals surface area (Å²) in [7, 11) is 1.64. The first kappa shape index (κ1) is 13.3. The van der Waals surface area contributed by atoms with Crippen LogP contribution in [0.15, 0.2) is 6.20 Å². The van der Waals surface area contributed by atoms with Crippen LogP contribution < -0.4 is 4.74 Å². The van der Waals surface area contributed by atoms with Gasteiger partial charge in [-0.3, -0.25) is 0 Å².